The van der Waals surface area contributed by atoms with Crippen molar-refractivity contribution >= 4 is 50.9 Å². The van der Waals surface area contributed by atoms with Crippen molar-refractivity contribution in [2.24, 2.45) is 0 Å². The Bertz CT molecular complexity index is 1680. The Balaban J connectivity index is 1.38. The molecule has 6 rings (SSSR count). The molecule has 3 heterocycles. The average Bonchev–Trinajstić information content (AvgIpc) is 3.65. The average molecular weight is 544 g/mol. The number of hydrogen-bond acceptors (Lipinski definition) is 8. The van der Waals surface area contributed by atoms with Gasteiger partial charge in [0.1, 0.15) is 17.4 Å². The fraction of sp³-hybridized carbons (Fsp3) is 0.0714. The molecule has 0 bridgehead atoms. The van der Waals surface area contributed by atoms with Crippen molar-refractivity contribution in [1.29, 1.82) is 0 Å². The number of amides is 1. The fourth-order valence-electron chi connectivity index (χ4n) is 4.33. The first-order chi connectivity index (χ1) is 18.5. The molecule has 1 aliphatic rings. The van der Waals surface area contributed by atoms with E-state index < -0.39 is 29.3 Å². The van der Waals surface area contributed by atoms with Gasteiger partial charge in [-0.15, -0.1) is 10.2 Å². The molecular formula is C28H18FN3O4S2. The molecule has 0 saturated carbocycles. The minimum atomic E-state index is -1.26. The summed E-state index contributed by atoms with van der Waals surface area (Å²) in [4.78, 5) is 28.1. The maximum atomic E-state index is 15.1. The zero-order valence-corrected chi connectivity index (χ0v) is 21.2. The Morgan fingerprint density at radius 1 is 1.03 bits per heavy atom. The normalized spacial score (nSPS) is 15.6. The Hall–Kier alpha value is -4.28. The van der Waals surface area contributed by atoms with Crippen LogP contribution in [0.5, 0.6) is 0 Å². The number of aliphatic hydroxyl groups is 1. The molecule has 1 N–H and O–H groups in total. The van der Waals surface area contributed by atoms with Crippen LogP contribution < -0.4 is 4.90 Å². The van der Waals surface area contributed by atoms with Gasteiger partial charge in [-0.05, 0) is 23.8 Å². The van der Waals surface area contributed by atoms with Crippen LogP contribution in [-0.4, -0.2) is 27.0 Å². The molecule has 1 amide bonds. The van der Waals surface area contributed by atoms with Gasteiger partial charge in [0.15, 0.2) is 15.9 Å². The Morgan fingerprint density at radius 2 is 1.76 bits per heavy atom. The van der Waals surface area contributed by atoms with Crippen LogP contribution in [0, 0.1) is 5.82 Å². The van der Waals surface area contributed by atoms with Gasteiger partial charge < -0.3 is 9.52 Å². The van der Waals surface area contributed by atoms with E-state index in [1.807, 2.05) is 30.3 Å². The summed E-state index contributed by atoms with van der Waals surface area (Å²) in [6.45, 7) is 0. The summed E-state index contributed by atoms with van der Waals surface area (Å²) < 4.78 is 21.4. The van der Waals surface area contributed by atoms with Crippen molar-refractivity contribution in [2.75, 3.05) is 4.90 Å². The Labute approximate surface area is 224 Å². The molecule has 2 aromatic heterocycles. The van der Waals surface area contributed by atoms with Crippen molar-refractivity contribution in [1.82, 2.24) is 10.2 Å². The number of carbonyl (C=O) groups excluding carboxylic acids is 2. The largest absolute Gasteiger partial charge is 0.503 e. The zero-order valence-electron chi connectivity index (χ0n) is 19.6. The van der Waals surface area contributed by atoms with Crippen LogP contribution in [0.4, 0.5) is 9.52 Å². The number of nitrogens with zero attached hydrogens (tertiary/aromatic N) is 3. The maximum absolute atomic E-state index is 15.1. The molecular weight excluding hydrogens is 525 g/mol. The monoisotopic (exact) mass is 543 g/mol. The second-order valence-electron chi connectivity index (χ2n) is 8.46. The lowest BCUT2D eigenvalue weighted by Crippen LogP contribution is -2.31. The lowest BCUT2D eigenvalue weighted by molar-refractivity contribution is -0.117. The van der Waals surface area contributed by atoms with E-state index in [-0.39, 0.29) is 22.0 Å². The molecule has 38 heavy (non-hydrogen) atoms. The molecule has 5 aromatic rings. The topological polar surface area (TPSA) is 96.5 Å². The van der Waals surface area contributed by atoms with Gasteiger partial charge in [0.2, 0.25) is 10.9 Å². The van der Waals surface area contributed by atoms with E-state index in [4.69, 9.17) is 4.42 Å². The van der Waals surface area contributed by atoms with Gasteiger partial charge in [0, 0.05) is 16.7 Å². The third-order valence-corrected chi connectivity index (χ3v) is 8.24. The number of Topliss-reactive ketones (excluding diaryl/α,β-unsaturated/α-hetero) is 1. The highest BCUT2D eigenvalue weighted by Gasteiger charge is 2.47. The number of benzene rings is 3. The second-order valence-corrected chi connectivity index (χ2v) is 10.6. The minimum absolute atomic E-state index is 0.0399. The summed E-state index contributed by atoms with van der Waals surface area (Å²) in [6.07, 6.45) is 0. The second kappa shape index (κ2) is 9.88. The highest BCUT2D eigenvalue weighted by molar-refractivity contribution is 8.00. The molecule has 188 valence electrons. The number of fused-ring (bicyclic) bond motifs is 1. The van der Waals surface area contributed by atoms with Crippen LogP contribution >= 0.6 is 23.1 Å². The van der Waals surface area contributed by atoms with Gasteiger partial charge in [-0.1, -0.05) is 89.8 Å². The zero-order chi connectivity index (χ0) is 26.2. The van der Waals surface area contributed by atoms with Crippen LogP contribution in [0.2, 0.25) is 0 Å². The number of carbonyl (C=O) groups is 2. The standard InChI is InChI=1S/C28H18FN3O4S2/c29-19-12-6-5-11-18(19)23-22(24(33)21-14-17-10-4-7-13-20(17)36-21)25(34)26(35)32(23)27-30-31-28(38-27)37-15-16-8-2-1-3-9-16/h1-14,23,34H,15H2/t23-/m1/s1. The van der Waals surface area contributed by atoms with E-state index in [0.717, 1.165) is 21.8 Å². The van der Waals surface area contributed by atoms with E-state index in [0.29, 0.717) is 21.1 Å². The predicted octanol–water partition coefficient (Wildman–Crippen LogP) is 6.50. The molecule has 7 nitrogen and oxygen atoms in total. The number of thioether (sulfide) groups is 1. The number of halogens is 1. The van der Waals surface area contributed by atoms with Gasteiger partial charge in [0.25, 0.3) is 5.91 Å². The van der Waals surface area contributed by atoms with Crippen molar-refractivity contribution in [3.05, 3.63) is 119 Å². The number of aromatic nitrogens is 2. The molecule has 10 heteroatoms. The molecule has 1 aliphatic heterocycles. The smallest absolute Gasteiger partial charge is 0.296 e. The number of aliphatic hydroxyl groups excluding tert-OH is 1. The first-order valence-electron chi connectivity index (χ1n) is 11.6. The minimum Gasteiger partial charge on any atom is -0.503 e. The van der Waals surface area contributed by atoms with E-state index >= 15 is 4.39 Å². The van der Waals surface area contributed by atoms with E-state index in [1.54, 1.807) is 30.3 Å². The molecule has 1 atom stereocenters. The van der Waals surface area contributed by atoms with E-state index in [9.17, 15) is 14.7 Å². The highest BCUT2D eigenvalue weighted by Crippen LogP contribution is 2.44. The van der Waals surface area contributed by atoms with Crippen LogP contribution in [0.25, 0.3) is 11.0 Å². The highest BCUT2D eigenvalue weighted by atomic mass is 32.2. The van der Waals surface area contributed by atoms with Crippen molar-refractivity contribution in [3.63, 3.8) is 0 Å². The van der Waals surface area contributed by atoms with Gasteiger partial charge in [-0.2, -0.15) is 0 Å². The fourth-order valence-corrected chi connectivity index (χ4v) is 6.15. The number of hydrogen-bond donors (Lipinski definition) is 1. The van der Waals surface area contributed by atoms with Crippen molar-refractivity contribution in [3.8, 4) is 0 Å². The molecule has 0 radical (unpaired) electrons. The number of ketones is 1. The van der Waals surface area contributed by atoms with E-state index in [2.05, 4.69) is 10.2 Å². The van der Waals surface area contributed by atoms with Crippen LogP contribution in [0.3, 0.4) is 0 Å². The summed E-state index contributed by atoms with van der Waals surface area (Å²) in [5, 5.41) is 20.1. The molecule has 3 aromatic carbocycles. The molecule has 0 unspecified atom stereocenters. The van der Waals surface area contributed by atoms with Gasteiger partial charge >= 0.3 is 0 Å². The van der Waals surface area contributed by atoms with Gasteiger partial charge in [-0.25, -0.2) is 4.39 Å². The van der Waals surface area contributed by atoms with Crippen LogP contribution in [-0.2, 0) is 10.5 Å². The Kier molecular flexibility index (Phi) is 6.26. The Morgan fingerprint density at radius 3 is 2.55 bits per heavy atom. The first kappa shape index (κ1) is 24.1. The van der Waals surface area contributed by atoms with Crippen molar-refractivity contribution in [2.45, 2.75) is 16.1 Å². The molecule has 0 saturated heterocycles. The SMILES string of the molecule is O=C(C1=C(O)C(=O)N(c2nnc(SCc3ccccc3)s2)[C@@H]1c1ccccc1F)c1cc2ccccc2o1. The molecule has 0 fully saturated rings. The summed E-state index contributed by atoms with van der Waals surface area (Å²) in [6, 6.07) is 22.9. The number of furan rings is 1. The molecule has 0 aliphatic carbocycles. The first-order valence-corrected chi connectivity index (χ1v) is 13.4. The third-order valence-electron chi connectivity index (χ3n) is 6.11. The maximum Gasteiger partial charge on any atom is 0.296 e. The number of para-hydroxylation sites is 1. The lowest BCUT2D eigenvalue weighted by atomic mass is 9.95. The number of anilines is 1. The van der Waals surface area contributed by atoms with E-state index in [1.165, 1.54) is 36.0 Å². The van der Waals surface area contributed by atoms with Crippen LogP contribution in [0.1, 0.15) is 27.7 Å². The van der Waals surface area contributed by atoms with Gasteiger partial charge in [-0.3, -0.25) is 14.5 Å². The summed E-state index contributed by atoms with van der Waals surface area (Å²) in [5.41, 5.74) is 1.32. The summed E-state index contributed by atoms with van der Waals surface area (Å²) in [7, 11) is 0. The predicted molar refractivity (Wildman–Crippen MR) is 143 cm³/mol. The summed E-state index contributed by atoms with van der Waals surface area (Å²) in [5.74, 6) is -2.43. The lowest BCUT2D eigenvalue weighted by Gasteiger charge is -2.24. The van der Waals surface area contributed by atoms with Crippen molar-refractivity contribution < 1.29 is 23.5 Å². The number of rotatable bonds is 7. The third kappa shape index (κ3) is 4.27. The molecule has 0 spiro atoms. The van der Waals surface area contributed by atoms with Crippen LogP contribution in [0.15, 0.2) is 105 Å². The van der Waals surface area contributed by atoms with Gasteiger partial charge in [0.05, 0.1) is 5.57 Å². The summed E-state index contributed by atoms with van der Waals surface area (Å²) >= 11 is 2.56. The quantitative estimate of drug-likeness (QED) is 0.142.